The second-order valence-corrected chi connectivity index (χ2v) is 3.37. The van der Waals surface area contributed by atoms with Crippen molar-refractivity contribution in [3.8, 4) is 0 Å². The van der Waals surface area contributed by atoms with Gasteiger partial charge in [0.1, 0.15) is 5.78 Å². The van der Waals surface area contributed by atoms with Gasteiger partial charge in [0.2, 0.25) is 0 Å². The first-order chi connectivity index (χ1) is 7.40. The lowest BCUT2D eigenvalue weighted by molar-refractivity contribution is -0.166. The molecule has 0 fully saturated rings. The average molecular weight is 226 g/mol. The van der Waals surface area contributed by atoms with Crippen molar-refractivity contribution < 1.29 is 24.6 Å². The topological polar surface area (TPSA) is 91.7 Å². The van der Waals surface area contributed by atoms with Gasteiger partial charge >= 0.3 is 11.9 Å². The third-order valence-corrected chi connectivity index (χ3v) is 2.31. The molecule has 0 rings (SSSR count). The van der Waals surface area contributed by atoms with E-state index in [9.17, 15) is 14.4 Å². The van der Waals surface area contributed by atoms with Crippen LogP contribution in [-0.4, -0.2) is 27.9 Å². The van der Waals surface area contributed by atoms with Gasteiger partial charge in [-0.1, -0.05) is 13.5 Å². The van der Waals surface area contributed by atoms with Crippen LogP contribution in [0.3, 0.4) is 0 Å². The Hall–Kier alpha value is -1.87. The average Bonchev–Trinajstić information content (AvgIpc) is 2.22. The zero-order valence-corrected chi connectivity index (χ0v) is 9.02. The highest BCUT2D eigenvalue weighted by Gasteiger charge is 2.46. The molecule has 16 heavy (non-hydrogen) atoms. The van der Waals surface area contributed by atoms with Gasteiger partial charge in [0.15, 0.2) is 5.41 Å². The van der Waals surface area contributed by atoms with Crippen molar-refractivity contribution in [1.82, 2.24) is 0 Å². The molecule has 0 atom stereocenters. The van der Waals surface area contributed by atoms with Crippen LogP contribution in [-0.2, 0) is 14.4 Å². The fourth-order valence-corrected chi connectivity index (χ4v) is 1.20. The maximum atomic E-state index is 11.2. The summed E-state index contributed by atoms with van der Waals surface area (Å²) < 4.78 is 0. The summed E-state index contributed by atoms with van der Waals surface area (Å²) >= 11 is 0. The quantitative estimate of drug-likeness (QED) is 0.503. The summed E-state index contributed by atoms with van der Waals surface area (Å²) in [5.74, 6) is -3.44. The van der Waals surface area contributed by atoms with Gasteiger partial charge in [-0.15, -0.1) is 5.73 Å². The number of allylic oxidation sites excluding steroid dienone is 1. The maximum absolute atomic E-state index is 11.2. The number of rotatable bonds is 7. The highest BCUT2D eigenvalue weighted by molar-refractivity contribution is 6.02. The smallest absolute Gasteiger partial charge is 0.321 e. The summed E-state index contributed by atoms with van der Waals surface area (Å²) in [4.78, 5) is 33.3. The van der Waals surface area contributed by atoms with Crippen LogP contribution in [0.4, 0.5) is 0 Å². The minimum atomic E-state index is -2.10. The number of hydrogen-bond donors (Lipinski definition) is 2. The molecule has 5 heteroatoms. The van der Waals surface area contributed by atoms with Crippen molar-refractivity contribution in [2.45, 2.75) is 26.2 Å². The number of ketones is 1. The highest BCUT2D eigenvalue weighted by Crippen LogP contribution is 2.29. The van der Waals surface area contributed by atoms with E-state index in [1.807, 2.05) is 0 Å². The fourth-order valence-electron chi connectivity index (χ4n) is 1.20. The second kappa shape index (κ2) is 5.88. The number of carboxylic acid groups (broad SMARTS) is 2. The van der Waals surface area contributed by atoms with Crippen LogP contribution in [0.5, 0.6) is 0 Å². The molecule has 0 aromatic carbocycles. The van der Waals surface area contributed by atoms with Crippen LogP contribution in [0.2, 0.25) is 0 Å². The van der Waals surface area contributed by atoms with E-state index in [4.69, 9.17) is 10.2 Å². The van der Waals surface area contributed by atoms with Crippen molar-refractivity contribution in [3.05, 3.63) is 18.4 Å². The molecule has 2 N–H and O–H groups in total. The van der Waals surface area contributed by atoms with Gasteiger partial charge in [-0.05, 0) is 6.08 Å². The molecule has 0 saturated heterocycles. The second-order valence-electron chi connectivity index (χ2n) is 3.37. The zero-order chi connectivity index (χ0) is 12.8. The van der Waals surface area contributed by atoms with Gasteiger partial charge in [0.25, 0.3) is 0 Å². The predicted octanol–water partition coefficient (Wildman–Crippen LogP) is 1.24. The molecule has 0 aromatic rings. The van der Waals surface area contributed by atoms with Gasteiger partial charge in [-0.3, -0.25) is 14.4 Å². The first kappa shape index (κ1) is 14.1. The maximum Gasteiger partial charge on any atom is 0.321 e. The van der Waals surface area contributed by atoms with Gasteiger partial charge in [-0.2, -0.15) is 0 Å². The molecule has 0 heterocycles. The van der Waals surface area contributed by atoms with Gasteiger partial charge in [-0.25, -0.2) is 0 Å². The Bertz CT molecular complexity index is 335. The van der Waals surface area contributed by atoms with Crippen molar-refractivity contribution in [3.63, 3.8) is 0 Å². The number of hydrogen-bond acceptors (Lipinski definition) is 3. The van der Waals surface area contributed by atoms with Crippen LogP contribution >= 0.6 is 0 Å². The van der Waals surface area contributed by atoms with Crippen LogP contribution < -0.4 is 0 Å². The molecule has 0 saturated carbocycles. The summed E-state index contributed by atoms with van der Waals surface area (Å²) in [6.45, 7) is 4.79. The molecule has 0 spiro atoms. The first-order valence-corrected chi connectivity index (χ1v) is 4.73. The Kier molecular flexibility index (Phi) is 5.19. The standard InChI is InChI=1S/C11H14O5/c1-3-5-6-11(9(13)14,10(15)16)7-8(12)4-2/h5H,1,4,6-7H2,2H3,(H,13,14)(H,15,16). The lowest BCUT2D eigenvalue weighted by atomic mass is 9.79. The lowest BCUT2D eigenvalue weighted by Gasteiger charge is -2.21. The minimum absolute atomic E-state index is 0.111. The summed E-state index contributed by atoms with van der Waals surface area (Å²) in [6, 6.07) is 0. The number of carboxylic acids is 2. The number of carbonyl (C=O) groups is 3. The number of aliphatic carboxylic acids is 2. The van der Waals surface area contributed by atoms with Crippen LogP contribution in [0.15, 0.2) is 18.4 Å². The van der Waals surface area contributed by atoms with Crippen molar-refractivity contribution in [1.29, 1.82) is 0 Å². The predicted molar refractivity (Wildman–Crippen MR) is 55.9 cm³/mol. The number of carbonyl (C=O) groups excluding carboxylic acids is 1. The third kappa shape index (κ3) is 3.07. The Labute approximate surface area is 93.1 Å². The lowest BCUT2D eigenvalue weighted by Crippen LogP contribution is -2.40. The molecule has 0 aromatic heterocycles. The molecule has 0 unspecified atom stereocenters. The van der Waals surface area contributed by atoms with Crippen LogP contribution in [0.1, 0.15) is 26.2 Å². The van der Waals surface area contributed by atoms with Crippen molar-refractivity contribution >= 4 is 17.7 Å². The molecule has 88 valence electrons. The molecular formula is C11H14O5. The fraction of sp³-hybridized carbons (Fsp3) is 0.455. The van der Waals surface area contributed by atoms with E-state index >= 15 is 0 Å². The van der Waals surface area contributed by atoms with E-state index in [0.717, 1.165) is 0 Å². The molecular weight excluding hydrogens is 212 g/mol. The Morgan fingerprint density at radius 3 is 2.12 bits per heavy atom. The molecule has 0 amide bonds. The molecule has 0 aliphatic rings. The third-order valence-electron chi connectivity index (χ3n) is 2.31. The molecule has 0 radical (unpaired) electrons. The summed E-state index contributed by atoms with van der Waals surface area (Å²) in [6.07, 6.45) is 0.505. The molecule has 5 nitrogen and oxygen atoms in total. The Morgan fingerprint density at radius 1 is 1.31 bits per heavy atom. The van der Waals surface area contributed by atoms with Gasteiger partial charge < -0.3 is 10.2 Å². The van der Waals surface area contributed by atoms with Crippen LogP contribution in [0.25, 0.3) is 0 Å². The highest BCUT2D eigenvalue weighted by atomic mass is 16.4. The monoisotopic (exact) mass is 226 g/mol. The van der Waals surface area contributed by atoms with E-state index in [0.29, 0.717) is 0 Å². The van der Waals surface area contributed by atoms with Crippen molar-refractivity contribution in [2.75, 3.05) is 0 Å². The van der Waals surface area contributed by atoms with E-state index in [-0.39, 0.29) is 12.8 Å². The molecule has 0 aliphatic carbocycles. The Morgan fingerprint density at radius 2 is 1.81 bits per heavy atom. The number of Topliss-reactive ketones (excluding diaryl/α,β-unsaturated/α-hetero) is 1. The van der Waals surface area contributed by atoms with E-state index in [2.05, 4.69) is 12.3 Å². The van der Waals surface area contributed by atoms with E-state index in [1.54, 1.807) is 6.92 Å². The summed E-state index contributed by atoms with van der Waals surface area (Å²) in [5.41, 5.74) is 0.212. The largest absolute Gasteiger partial charge is 0.480 e. The SMILES string of the molecule is C=C=CCC(CC(=O)CC)(C(=O)O)C(=O)O. The van der Waals surface area contributed by atoms with Crippen molar-refractivity contribution in [2.24, 2.45) is 5.41 Å². The summed E-state index contributed by atoms with van der Waals surface area (Å²) in [5, 5.41) is 17.9. The van der Waals surface area contributed by atoms with E-state index < -0.39 is 29.6 Å². The van der Waals surface area contributed by atoms with Crippen LogP contribution in [0, 0.1) is 5.41 Å². The van der Waals surface area contributed by atoms with Gasteiger partial charge in [0, 0.05) is 19.3 Å². The minimum Gasteiger partial charge on any atom is -0.480 e. The summed E-state index contributed by atoms with van der Waals surface area (Å²) in [7, 11) is 0. The molecule has 0 bridgehead atoms. The normalized spacial score (nSPS) is 10.3. The first-order valence-electron chi connectivity index (χ1n) is 4.73. The Balaban J connectivity index is 5.25. The zero-order valence-electron chi connectivity index (χ0n) is 9.02. The van der Waals surface area contributed by atoms with E-state index in [1.165, 1.54) is 6.08 Å². The van der Waals surface area contributed by atoms with Gasteiger partial charge in [0.05, 0.1) is 0 Å². The molecule has 0 aliphatic heterocycles.